The van der Waals surface area contributed by atoms with Gasteiger partial charge in [0, 0.05) is 11.8 Å². The summed E-state index contributed by atoms with van der Waals surface area (Å²) in [5, 5.41) is 10.9. The summed E-state index contributed by atoms with van der Waals surface area (Å²) in [6, 6.07) is 6.27. The Kier molecular flexibility index (Phi) is 3.32. The highest BCUT2D eigenvalue weighted by atomic mass is 16.5. The van der Waals surface area contributed by atoms with Crippen LogP contribution < -0.4 is 4.74 Å². The first-order chi connectivity index (χ1) is 9.46. The van der Waals surface area contributed by atoms with Gasteiger partial charge in [0.05, 0.1) is 6.10 Å². The molecule has 1 aliphatic carbocycles. The third-order valence-corrected chi connectivity index (χ3v) is 5.29. The second-order valence-electron chi connectivity index (χ2n) is 7.23. The summed E-state index contributed by atoms with van der Waals surface area (Å²) in [6.45, 7) is 6.45. The average Bonchev–Trinajstić information content (AvgIpc) is 2.99. The zero-order chi connectivity index (χ0) is 14.4. The number of fused-ring (bicyclic) bond motifs is 1. The molecule has 1 aromatic carbocycles. The fraction of sp³-hybridized carbons (Fsp3) is 0.667. The molecule has 0 spiro atoms. The molecular weight excluding hydrogens is 248 g/mol. The van der Waals surface area contributed by atoms with Gasteiger partial charge in [-0.2, -0.15) is 0 Å². The van der Waals surface area contributed by atoms with Gasteiger partial charge in [-0.3, -0.25) is 0 Å². The lowest BCUT2D eigenvalue weighted by molar-refractivity contribution is 0.0237. The van der Waals surface area contributed by atoms with Crippen LogP contribution in [0.25, 0.3) is 0 Å². The van der Waals surface area contributed by atoms with Crippen molar-refractivity contribution in [3.63, 3.8) is 0 Å². The Morgan fingerprint density at radius 2 is 1.95 bits per heavy atom. The molecule has 0 saturated heterocycles. The highest BCUT2D eigenvalue weighted by Gasteiger charge is 2.40. The van der Waals surface area contributed by atoms with Crippen LogP contribution in [-0.4, -0.2) is 10.7 Å². The molecule has 1 aromatic rings. The van der Waals surface area contributed by atoms with Crippen LogP contribution in [0.1, 0.15) is 70.1 Å². The van der Waals surface area contributed by atoms with Crippen LogP contribution in [0.3, 0.4) is 0 Å². The summed E-state index contributed by atoms with van der Waals surface area (Å²) in [7, 11) is 0. The lowest BCUT2D eigenvalue weighted by Crippen LogP contribution is -2.25. The number of hydrogen-bond donors (Lipinski definition) is 1. The molecule has 0 bridgehead atoms. The Labute approximate surface area is 122 Å². The summed E-state index contributed by atoms with van der Waals surface area (Å²) < 4.78 is 5.92. The van der Waals surface area contributed by atoms with Crippen molar-refractivity contribution in [2.24, 2.45) is 5.41 Å². The summed E-state index contributed by atoms with van der Waals surface area (Å²) in [6.07, 6.45) is 6.49. The fourth-order valence-corrected chi connectivity index (χ4v) is 4.05. The standard InChI is InChI=1S/C18H26O2/c1-4-18(9-5-6-10-18)16(19)13-7-8-15-14(11-13)12-17(2,3)20-15/h7-8,11,16,19H,4-6,9-10,12H2,1-3H3. The quantitative estimate of drug-likeness (QED) is 0.885. The molecule has 110 valence electrons. The number of rotatable bonds is 3. The summed E-state index contributed by atoms with van der Waals surface area (Å²) in [4.78, 5) is 0. The second-order valence-corrected chi connectivity index (χ2v) is 7.23. The number of aliphatic hydroxyl groups is 1. The van der Waals surface area contributed by atoms with Gasteiger partial charge in [0.2, 0.25) is 0 Å². The number of hydrogen-bond acceptors (Lipinski definition) is 2. The normalized spacial score (nSPS) is 24.2. The molecule has 1 aliphatic heterocycles. The van der Waals surface area contributed by atoms with Crippen molar-refractivity contribution in [3.05, 3.63) is 29.3 Å². The van der Waals surface area contributed by atoms with Crippen LogP contribution in [0.4, 0.5) is 0 Å². The van der Waals surface area contributed by atoms with Crippen molar-refractivity contribution in [3.8, 4) is 5.75 Å². The van der Waals surface area contributed by atoms with Crippen LogP contribution in [0.15, 0.2) is 18.2 Å². The largest absolute Gasteiger partial charge is 0.487 e. The third-order valence-electron chi connectivity index (χ3n) is 5.29. The van der Waals surface area contributed by atoms with Crippen molar-refractivity contribution in [1.82, 2.24) is 0 Å². The molecule has 20 heavy (non-hydrogen) atoms. The minimum Gasteiger partial charge on any atom is -0.487 e. The summed E-state index contributed by atoms with van der Waals surface area (Å²) in [5.41, 5.74) is 2.31. The first kappa shape index (κ1) is 13.9. The molecule has 1 unspecified atom stereocenters. The van der Waals surface area contributed by atoms with Gasteiger partial charge >= 0.3 is 0 Å². The maximum absolute atomic E-state index is 10.9. The van der Waals surface area contributed by atoms with Gasteiger partial charge < -0.3 is 9.84 Å². The fourth-order valence-electron chi connectivity index (χ4n) is 4.05. The van der Waals surface area contributed by atoms with E-state index in [2.05, 4.69) is 32.9 Å². The zero-order valence-electron chi connectivity index (χ0n) is 12.9. The van der Waals surface area contributed by atoms with Gasteiger partial charge in [0.15, 0.2) is 0 Å². The summed E-state index contributed by atoms with van der Waals surface area (Å²) in [5.74, 6) is 0.989. The van der Waals surface area contributed by atoms with Crippen LogP contribution in [0.2, 0.25) is 0 Å². The van der Waals surface area contributed by atoms with E-state index in [0.29, 0.717) is 0 Å². The average molecular weight is 274 g/mol. The molecule has 1 heterocycles. The van der Waals surface area contributed by atoms with Crippen molar-refractivity contribution in [2.45, 2.75) is 71.0 Å². The Hall–Kier alpha value is -1.02. The Morgan fingerprint density at radius 1 is 1.25 bits per heavy atom. The minimum atomic E-state index is -0.330. The predicted molar refractivity (Wildman–Crippen MR) is 81.0 cm³/mol. The molecule has 2 heteroatoms. The van der Waals surface area contributed by atoms with Gasteiger partial charge in [-0.05, 0) is 56.4 Å². The predicted octanol–water partition coefficient (Wildman–Crippen LogP) is 4.40. The Balaban J connectivity index is 1.89. The SMILES string of the molecule is CCC1(C(O)c2ccc3c(c2)CC(C)(C)O3)CCCC1. The van der Waals surface area contributed by atoms with Gasteiger partial charge in [-0.25, -0.2) is 0 Å². The number of ether oxygens (including phenoxy) is 1. The van der Waals surface area contributed by atoms with Crippen molar-refractivity contribution in [2.75, 3.05) is 0 Å². The maximum Gasteiger partial charge on any atom is 0.123 e. The number of benzene rings is 1. The number of aliphatic hydroxyl groups excluding tert-OH is 1. The molecule has 3 rings (SSSR count). The van der Waals surface area contributed by atoms with E-state index in [1.165, 1.54) is 18.4 Å². The summed E-state index contributed by atoms with van der Waals surface area (Å²) >= 11 is 0. The molecule has 0 amide bonds. The Morgan fingerprint density at radius 3 is 2.60 bits per heavy atom. The van der Waals surface area contributed by atoms with Gasteiger partial charge in [0.25, 0.3) is 0 Å². The first-order valence-corrected chi connectivity index (χ1v) is 7.96. The third kappa shape index (κ3) is 2.24. The van der Waals surface area contributed by atoms with E-state index in [1.807, 2.05) is 6.07 Å². The van der Waals surface area contributed by atoms with Gasteiger partial charge in [-0.1, -0.05) is 25.8 Å². The second kappa shape index (κ2) is 4.77. The minimum absolute atomic E-state index is 0.100. The highest BCUT2D eigenvalue weighted by molar-refractivity contribution is 5.42. The molecule has 0 radical (unpaired) electrons. The molecule has 1 atom stereocenters. The molecule has 1 N–H and O–H groups in total. The van der Waals surface area contributed by atoms with Crippen LogP contribution in [-0.2, 0) is 6.42 Å². The van der Waals surface area contributed by atoms with Gasteiger partial charge in [-0.15, -0.1) is 0 Å². The van der Waals surface area contributed by atoms with Crippen LogP contribution in [0.5, 0.6) is 5.75 Å². The monoisotopic (exact) mass is 274 g/mol. The van der Waals surface area contributed by atoms with Gasteiger partial charge in [0.1, 0.15) is 11.4 Å². The molecule has 2 nitrogen and oxygen atoms in total. The molecule has 0 aromatic heterocycles. The van der Waals surface area contributed by atoms with E-state index in [9.17, 15) is 5.11 Å². The van der Waals surface area contributed by atoms with Crippen molar-refractivity contribution < 1.29 is 9.84 Å². The van der Waals surface area contributed by atoms with E-state index in [0.717, 1.165) is 37.0 Å². The first-order valence-electron chi connectivity index (χ1n) is 7.96. The van der Waals surface area contributed by atoms with Crippen molar-refractivity contribution >= 4 is 0 Å². The van der Waals surface area contributed by atoms with E-state index in [1.54, 1.807) is 0 Å². The van der Waals surface area contributed by atoms with E-state index >= 15 is 0 Å². The molecule has 1 fully saturated rings. The topological polar surface area (TPSA) is 29.5 Å². The maximum atomic E-state index is 10.9. The smallest absolute Gasteiger partial charge is 0.123 e. The Bertz CT molecular complexity index is 498. The molecular formula is C18H26O2. The lowest BCUT2D eigenvalue weighted by Gasteiger charge is -2.33. The highest BCUT2D eigenvalue weighted by Crippen LogP contribution is 2.50. The van der Waals surface area contributed by atoms with Crippen LogP contribution >= 0.6 is 0 Å². The van der Waals surface area contributed by atoms with E-state index in [4.69, 9.17) is 4.74 Å². The lowest BCUT2D eigenvalue weighted by atomic mass is 9.75. The molecule has 1 saturated carbocycles. The van der Waals surface area contributed by atoms with E-state index < -0.39 is 0 Å². The van der Waals surface area contributed by atoms with Crippen LogP contribution in [0, 0.1) is 5.41 Å². The van der Waals surface area contributed by atoms with Crippen molar-refractivity contribution in [1.29, 1.82) is 0 Å². The molecule has 2 aliphatic rings. The van der Waals surface area contributed by atoms with E-state index in [-0.39, 0.29) is 17.1 Å². The zero-order valence-corrected chi connectivity index (χ0v) is 12.9.